The molecule has 19 heavy (non-hydrogen) atoms. The summed E-state index contributed by atoms with van der Waals surface area (Å²) in [6, 6.07) is 11.1. The molecule has 0 spiro atoms. The molecule has 2 aromatic carbocycles. The van der Waals surface area contributed by atoms with Gasteiger partial charge in [0.15, 0.2) is 0 Å². The Kier molecular flexibility index (Phi) is 3.76. The number of hydrogen-bond acceptors (Lipinski definition) is 2. The molecule has 1 saturated heterocycles. The van der Waals surface area contributed by atoms with E-state index in [0.717, 1.165) is 16.8 Å². The lowest BCUT2D eigenvalue weighted by Gasteiger charge is -2.26. The number of hydrogen-bond donors (Lipinski definition) is 1. The predicted molar refractivity (Wildman–Crippen MR) is 82.8 cm³/mol. The monoisotopic (exact) mass is 319 g/mol. The van der Waals surface area contributed by atoms with Crippen LogP contribution in [0, 0.1) is 0 Å². The lowest BCUT2D eigenvalue weighted by atomic mass is 9.92. The molecule has 3 rings (SSSR count). The van der Waals surface area contributed by atoms with Crippen molar-refractivity contribution in [1.82, 2.24) is 5.32 Å². The zero-order valence-corrected chi connectivity index (χ0v) is 12.7. The van der Waals surface area contributed by atoms with Crippen LogP contribution >= 0.6 is 15.9 Å². The van der Waals surface area contributed by atoms with E-state index in [1.165, 1.54) is 35.6 Å². The first-order valence-electron chi connectivity index (χ1n) is 6.79. The molecule has 1 aliphatic rings. The van der Waals surface area contributed by atoms with Crippen molar-refractivity contribution in [2.45, 2.75) is 25.3 Å². The van der Waals surface area contributed by atoms with Crippen molar-refractivity contribution in [3.63, 3.8) is 0 Å². The van der Waals surface area contributed by atoms with Gasteiger partial charge in [-0.05, 0) is 48.4 Å². The van der Waals surface area contributed by atoms with Gasteiger partial charge in [0.2, 0.25) is 0 Å². The third-order valence-corrected chi connectivity index (χ3v) is 4.36. The summed E-state index contributed by atoms with van der Waals surface area (Å²) in [5.41, 5.74) is 1.31. The number of methoxy groups -OCH3 is 1. The fourth-order valence-corrected chi connectivity index (χ4v) is 3.32. The van der Waals surface area contributed by atoms with Crippen molar-refractivity contribution in [3.05, 3.63) is 40.4 Å². The van der Waals surface area contributed by atoms with Gasteiger partial charge in [-0.25, -0.2) is 0 Å². The maximum Gasteiger partial charge on any atom is 0.124 e. The van der Waals surface area contributed by atoms with Crippen LogP contribution in [0.4, 0.5) is 0 Å². The van der Waals surface area contributed by atoms with Crippen LogP contribution in [0.1, 0.15) is 30.9 Å². The molecular formula is C16H18BrNO. The molecule has 1 atom stereocenters. The quantitative estimate of drug-likeness (QED) is 0.884. The fraction of sp³-hybridized carbons (Fsp3) is 0.375. The van der Waals surface area contributed by atoms with Gasteiger partial charge in [0.1, 0.15) is 5.75 Å². The van der Waals surface area contributed by atoms with Gasteiger partial charge in [0, 0.05) is 16.1 Å². The van der Waals surface area contributed by atoms with Crippen LogP contribution in [0.2, 0.25) is 0 Å². The molecule has 1 aliphatic heterocycles. The second-order valence-electron chi connectivity index (χ2n) is 5.05. The number of benzene rings is 2. The first-order valence-corrected chi connectivity index (χ1v) is 7.58. The Bertz CT molecular complexity index is 591. The lowest BCUT2D eigenvalue weighted by molar-refractivity contribution is 0.376. The Morgan fingerprint density at radius 2 is 2.11 bits per heavy atom. The van der Waals surface area contributed by atoms with Gasteiger partial charge in [0.25, 0.3) is 0 Å². The Labute approximate surface area is 122 Å². The van der Waals surface area contributed by atoms with Gasteiger partial charge < -0.3 is 10.1 Å². The smallest absolute Gasteiger partial charge is 0.124 e. The van der Waals surface area contributed by atoms with E-state index in [1.807, 2.05) is 0 Å². The zero-order valence-electron chi connectivity index (χ0n) is 11.1. The van der Waals surface area contributed by atoms with Crippen molar-refractivity contribution < 1.29 is 4.74 Å². The van der Waals surface area contributed by atoms with Crippen LogP contribution in [-0.4, -0.2) is 13.7 Å². The molecule has 1 heterocycles. The van der Waals surface area contributed by atoms with E-state index in [0.29, 0.717) is 6.04 Å². The lowest BCUT2D eigenvalue weighted by Crippen LogP contribution is -2.27. The first kappa shape index (κ1) is 12.9. The summed E-state index contributed by atoms with van der Waals surface area (Å²) in [7, 11) is 1.76. The van der Waals surface area contributed by atoms with Crippen LogP contribution in [0.5, 0.6) is 5.75 Å². The van der Waals surface area contributed by atoms with E-state index < -0.39 is 0 Å². The highest BCUT2D eigenvalue weighted by Gasteiger charge is 2.21. The number of halogens is 1. The standard InChI is InChI=1S/C16H18BrNO/c1-19-15-8-5-11-10-12(17)6-7-13(11)16(15)14-4-2-3-9-18-14/h5-8,10,14,18H,2-4,9H2,1H3. The van der Waals surface area contributed by atoms with Crippen LogP contribution < -0.4 is 10.1 Å². The highest BCUT2D eigenvalue weighted by Crippen LogP contribution is 2.37. The van der Waals surface area contributed by atoms with Crippen molar-refractivity contribution in [2.24, 2.45) is 0 Å². The van der Waals surface area contributed by atoms with E-state index in [4.69, 9.17) is 4.74 Å². The normalized spacial score (nSPS) is 19.6. The predicted octanol–water partition coefficient (Wildman–Crippen LogP) is 4.43. The Hall–Kier alpha value is -1.06. The van der Waals surface area contributed by atoms with Gasteiger partial charge in [-0.2, -0.15) is 0 Å². The maximum absolute atomic E-state index is 5.59. The molecule has 0 bridgehead atoms. The molecule has 0 radical (unpaired) electrons. The van der Waals surface area contributed by atoms with Crippen molar-refractivity contribution >= 4 is 26.7 Å². The van der Waals surface area contributed by atoms with Crippen molar-refractivity contribution in [1.29, 1.82) is 0 Å². The molecular weight excluding hydrogens is 302 g/mol. The third kappa shape index (κ3) is 2.49. The molecule has 1 unspecified atom stereocenters. The average molecular weight is 320 g/mol. The third-order valence-electron chi connectivity index (χ3n) is 3.86. The molecule has 3 heteroatoms. The molecule has 0 saturated carbocycles. The summed E-state index contributed by atoms with van der Waals surface area (Å²) in [6.07, 6.45) is 3.74. The molecule has 0 aliphatic carbocycles. The molecule has 2 aromatic rings. The van der Waals surface area contributed by atoms with Crippen molar-refractivity contribution in [3.8, 4) is 5.75 Å². The second kappa shape index (κ2) is 5.51. The maximum atomic E-state index is 5.59. The van der Waals surface area contributed by atoms with Crippen molar-refractivity contribution in [2.75, 3.05) is 13.7 Å². The van der Waals surface area contributed by atoms with Crippen LogP contribution in [0.25, 0.3) is 10.8 Å². The largest absolute Gasteiger partial charge is 0.496 e. The number of rotatable bonds is 2. The van der Waals surface area contributed by atoms with E-state index in [9.17, 15) is 0 Å². The van der Waals surface area contributed by atoms with Crippen LogP contribution in [0.3, 0.4) is 0 Å². The van der Waals surface area contributed by atoms with E-state index >= 15 is 0 Å². The number of ether oxygens (including phenoxy) is 1. The van der Waals surface area contributed by atoms with E-state index in [1.54, 1.807) is 7.11 Å². The van der Waals surface area contributed by atoms with Gasteiger partial charge in [0.05, 0.1) is 7.11 Å². The molecule has 0 amide bonds. The average Bonchev–Trinajstić information content (AvgIpc) is 2.46. The highest BCUT2D eigenvalue weighted by molar-refractivity contribution is 9.10. The minimum atomic E-state index is 0.411. The van der Waals surface area contributed by atoms with Gasteiger partial charge in [-0.3, -0.25) is 0 Å². The van der Waals surface area contributed by atoms with E-state index in [-0.39, 0.29) is 0 Å². The fourth-order valence-electron chi connectivity index (χ4n) is 2.94. The molecule has 0 aromatic heterocycles. The highest BCUT2D eigenvalue weighted by atomic mass is 79.9. The summed E-state index contributed by atoms with van der Waals surface area (Å²) < 4.78 is 6.70. The number of fused-ring (bicyclic) bond motifs is 1. The summed E-state index contributed by atoms with van der Waals surface area (Å²) in [6.45, 7) is 1.10. The first-order chi connectivity index (χ1) is 9.29. The molecule has 1 fully saturated rings. The molecule has 100 valence electrons. The minimum Gasteiger partial charge on any atom is -0.496 e. The SMILES string of the molecule is COc1ccc2cc(Br)ccc2c1C1CCCCN1. The van der Waals surface area contributed by atoms with Gasteiger partial charge in [-0.1, -0.05) is 34.5 Å². The molecule has 1 N–H and O–H groups in total. The summed E-state index contributed by atoms with van der Waals surface area (Å²) in [5, 5.41) is 6.18. The number of nitrogens with one attached hydrogen (secondary N) is 1. The Morgan fingerprint density at radius 3 is 2.84 bits per heavy atom. The zero-order chi connectivity index (χ0) is 13.2. The topological polar surface area (TPSA) is 21.3 Å². The van der Waals surface area contributed by atoms with Crippen LogP contribution in [0.15, 0.2) is 34.8 Å². The van der Waals surface area contributed by atoms with Gasteiger partial charge in [-0.15, -0.1) is 0 Å². The molecule has 2 nitrogen and oxygen atoms in total. The van der Waals surface area contributed by atoms with E-state index in [2.05, 4.69) is 51.6 Å². The second-order valence-corrected chi connectivity index (χ2v) is 5.97. The summed E-state index contributed by atoms with van der Waals surface area (Å²) >= 11 is 3.54. The van der Waals surface area contributed by atoms with Gasteiger partial charge >= 0.3 is 0 Å². The van der Waals surface area contributed by atoms with Crippen LogP contribution in [-0.2, 0) is 0 Å². The summed E-state index contributed by atoms with van der Waals surface area (Å²) in [5.74, 6) is 0.995. The number of piperidine rings is 1. The summed E-state index contributed by atoms with van der Waals surface area (Å²) in [4.78, 5) is 0. The Balaban J connectivity index is 2.17. The Morgan fingerprint density at radius 1 is 1.21 bits per heavy atom. The minimum absolute atomic E-state index is 0.411.